The highest BCUT2D eigenvalue weighted by Gasteiger charge is 2.16. The minimum absolute atomic E-state index is 0.0598. The van der Waals surface area contributed by atoms with Crippen molar-refractivity contribution in [3.8, 4) is 0 Å². The van der Waals surface area contributed by atoms with Crippen LogP contribution in [0.25, 0.3) is 0 Å². The van der Waals surface area contributed by atoms with Gasteiger partial charge in [-0.15, -0.1) is 0 Å². The average molecular weight is 207 g/mol. The number of nitrogens with two attached hydrogens (primary N) is 1. The third-order valence-corrected chi connectivity index (χ3v) is 2.16. The van der Waals surface area contributed by atoms with E-state index in [2.05, 4.69) is 0 Å². The van der Waals surface area contributed by atoms with Crippen LogP contribution in [0.15, 0.2) is 24.3 Å². The van der Waals surface area contributed by atoms with Gasteiger partial charge in [0.05, 0.1) is 11.4 Å². The molecule has 2 amide bonds. The summed E-state index contributed by atoms with van der Waals surface area (Å²) in [5, 5.41) is 0. The van der Waals surface area contributed by atoms with Gasteiger partial charge in [-0.2, -0.15) is 0 Å². The van der Waals surface area contributed by atoms with Crippen molar-refractivity contribution in [3.05, 3.63) is 24.3 Å². The van der Waals surface area contributed by atoms with Crippen LogP contribution in [0.4, 0.5) is 16.2 Å². The summed E-state index contributed by atoms with van der Waals surface area (Å²) in [5.41, 5.74) is 7.21. The van der Waals surface area contributed by atoms with E-state index in [4.69, 9.17) is 5.73 Å². The smallest absolute Gasteiger partial charge is 0.324 e. The molecule has 1 aromatic rings. The number of carbonyl (C=O) groups is 1. The summed E-state index contributed by atoms with van der Waals surface area (Å²) >= 11 is 0. The number of carbonyl (C=O) groups excluding carboxylic acids is 1. The van der Waals surface area contributed by atoms with E-state index in [1.165, 1.54) is 4.90 Å². The van der Waals surface area contributed by atoms with Crippen LogP contribution >= 0.6 is 0 Å². The third-order valence-electron chi connectivity index (χ3n) is 2.16. The van der Waals surface area contributed by atoms with Crippen molar-refractivity contribution in [2.24, 2.45) is 0 Å². The molecule has 0 bridgehead atoms. The molecule has 0 aliphatic carbocycles. The molecule has 0 heterocycles. The van der Waals surface area contributed by atoms with E-state index in [-0.39, 0.29) is 6.03 Å². The molecule has 4 nitrogen and oxygen atoms in total. The highest BCUT2D eigenvalue weighted by molar-refractivity contribution is 5.94. The predicted octanol–water partition coefficient (Wildman–Crippen LogP) is 1.78. The zero-order chi connectivity index (χ0) is 11.4. The van der Waals surface area contributed by atoms with Crippen molar-refractivity contribution in [1.29, 1.82) is 0 Å². The van der Waals surface area contributed by atoms with Gasteiger partial charge in [-0.3, -0.25) is 4.90 Å². The van der Waals surface area contributed by atoms with E-state index in [0.717, 1.165) is 5.69 Å². The molecule has 0 fully saturated rings. The molecule has 15 heavy (non-hydrogen) atoms. The molecule has 0 radical (unpaired) electrons. The number of amides is 2. The molecular weight excluding hydrogens is 190 g/mol. The normalized spacial score (nSPS) is 9.80. The Labute approximate surface area is 90.3 Å². The second kappa shape index (κ2) is 4.68. The van der Waals surface area contributed by atoms with Gasteiger partial charge >= 0.3 is 6.03 Å². The predicted molar refractivity (Wildman–Crippen MR) is 63.0 cm³/mol. The number of hydrogen-bond donors (Lipinski definition) is 1. The molecule has 0 aliphatic heterocycles. The lowest BCUT2D eigenvalue weighted by Crippen LogP contribution is -2.39. The number of hydrogen-bond acceptors (Lipinski definition) is 2. The first-order valence-electron chi connectivity index (χ1n) is 4.91. The van der Waals surface area contributed by atoms with Gasteiger partial charge in [0.15, 0.2) is 0 Å². The lowest BCUT2D eigenvalue weighted by molar-refractivity contribution is 0.224. The number of nitrogens with zero attached hydrogens (tertiary/aromatic N) is 2. The topological polar surface area (TPSA) is 49.6 Å². The number of rotatable bonds is 2. The van der Waals surface area contributed by atoms with E-state index >= 15 is 0 Å². The van der Waals surface area contributed by atoms with Crippen LogP contribution in [0.1, 0.15) is 6.92 Å². The van der Waals surface area contributed by atoms with E-state index in [1.54, 1.807) is 25.1 Å². The Balaban J connectivity index is 3.03. The lowest BCUT2D eigenvalue weighted by Gasteiger charge is -2.25. The fourth-order valence-corrected chi connectivity index (χ4v) is 1.38. The molecule has 0 unspecified atom stereocenters. The van der Waals surface area contributed by atoms with Crippen molar-refractivity contribution in [2.45, 2.75) is 6.92 Å². The van der Waals surface area contributed by atoms with E-state index < -0.39 is 0 Å². The Morgan fingerprint density at radius 3 is 2.40 bits per heavy atom. The van der Waals surface area contributed by atoms with Gasteiger partial charge in [-0.1, -0.05) is 12.1 Å². The zero-order valence-corrected chi connectivity index (χ0v) is 9.40. The van der Waals surface area contributed by atoms with Gasteiger partial charge in [0, 0.05) is 20.6 Å². The summed E-state index contributed by atoms with van der Waals surface area (Å²) < 4.78 is 0. The van der Waals surface area contributed by atoms with Crippen LogP contribution in [0.2, 0.25) is 0 Å². The van der Waals surface area contributed by atoms with Gasteiger partial charge in [-0.25, -0.2) is 4.79 Å². The number of urea groups is 1. The van der Waals surface area contributed by atoms with Crippen molar-refractivity contribution in [1.82, 2.24) is 4.90 Å². The second-order valence-corrected chi connectivity index (χ2v) is 3.48. The summed E-state index contributed by atoms with van der Waals surface area (Å²) in [7, 11) is 3.45. The maximum absolute atomic E-state index is 11.8. The van der Waals surface area contributed by atoms with Gasteiger partial charge in [0.25, 0.3) is 0 Å². The summed E-state index contributed by atoms with van der Waals surface area (Å²) in [6, 6.07) is 7.31. The average Bonchev–Trinajstić information content (AvgIpc) is 2.21. The Hall–Kier alpha value is -1.71. The van der Waals surface area contributed by atoms with Gasteiger partial charge in [0.1, 0.15) is 0 Å². The van der Waals surface area contributed by atoms with Crippen LogP contribution < -0.4 is 10.6 Å². The van der Waals surface area contributed by atoms with E-state index in [1.807, 2.05) is 25.1 Å². The minimum Gasteiger partial charge on any atom is -0.397 e. The van der Waals surface area contributed by atoms with Crippen LogP contribution in [-0.2, 0) is 0 Å². The second-order valence-electron chi connectivity index (χ2n) is 3.48. The molecule has 0 aromatic heterocycles. The maximum Gasteiger partial charge on any atom is 0.324 e. The van der Waals surface area contributed by atoms with Crippen molar-refractivity contribution >= 4 is 17.4 Å². The van der Waals surface area contributed by atoms with Gasteiger partial charge < -0.3 is 10.6 Å². The van der Waals surface area contributed by atoms with Crippen LogP contribution in [0, 0.1) is 0 Å². The van der Waals surface area contributed by atoms with E-state index in [9.17, 15) is 4.79 Å². The minimum atomic E-state index is -0.0598. The fraction of sp³-hybridized carbons (Fsp3) is 0.364. The monoisotopic (exact) mass is 207 g/mol. The molecule has 0 spiro atoms. The highest BCUT2D eigenvalue weighted by Crippen LogP contribution is 2.22. The quantitative estimate of drug-likeness (QED) is 0.751. The Morgan fingerprint density at radius 2 is 1.93 bits per heavy atom. The number of benzene rings is 1. The summed E-state index contributed by atoms with van der Waals surface area (Å²) in [4.78, 5) is 15.0. The first-order chi connectivity index (χ1) is 7.07. The first kappa shape index (κ1) is 11.4. The number of anilines is 2. The zero-order valence-electron chi connectivity index (χ0n) is 9.40. The molecule has 82 valence electrons. The number of para-hydroxylation sites is 2. The molecule has 1 aromatic carbocycles. The maximum atomic E-state index is 11.8. The van der Waals surface area contributed by atoms with Crippen molar-refractivity contribution in [3.63, 3.8) is 0 Å². The highest BCUT2D eigenvalue weighted by atomic mass is 16.2. The fourth-order valence-electron chi connectivity index (χ4n) is 1.38. The van der Waals surface area contributed by atoms with Crippen LogP contribution in [0.3, 0.4) is 0 Å². The van der Waals surface area contributed by atoms with Crippen molar-refractivity contribution in [2.75, 3.05) is 31.3 Å². The largest absolute Gasteiger partial charge is 0.397 e. The molecule has 1 rings (SSSR count). The lowest BCUT2D eigenvalue weighted by atomic mass is 10.2. The molecule has 4 heteroatoms. The molecule has 0 saturated heterocycles. The van der Waals surface area contributed by atoms with Crippen LogP contribution in [0.5, 0.6) is 0 Å². The SMILES string of the molecule is CCN(C(=O)N(C)C)c1ccccc1N. The summed E-state index contributed by atoms with van der Waals surface area (Å²) in [6.07, 6.45) is 0. The first-order valence-corrected chi connectivity index (χ1v) is 4.91. The summed E-state index contributed by atoms with van der Waals surface area (Å²) in [6.45, 7) is 2.53. The van der Waals surface area contributed by atoms with Gasteiger partial charge in [-0.05, 0) is 19.1 Å². The number of nitrogen functional groups attached to an aromatic ring is 1. The van der Waals surface area contributed by atoms with E-state index in [0.29, 0.717) is 12.2 Å². The Morgan fingerprint density at radius 1 is 1.33 bits per heavy atom. The molecule has 0 atom stereocenters. The molecular formula is C11H17N3O. The Kier molecular flexibility index (Phi) is 3.55. The molecule has 0 saturated carbocycles. The standard InChI is InChI=1S/C11H17N3O/c1-4-14(11(15)13(2)3)10-8-6-5-7-9(10)12/h5-8H,4,12H2,1-3H3. The van der Waals surface area contributed by atoms with Crippen LogP contribution in [-0.4, -0.2) is 31.6 Å². The summed E-state index contributed by atoms with van der Waals surface area (Å²) in [5.74, 6) is 0. The Bertz CT molecular complexity index is 349. The van der Waals surface area contributed by atoms with Crippen molar-refractivity contribution < 1.29 is 4.79 Å². The third kappa shape index (κ3) is 2.40. The van der Waals surface area contributed by atoms with Gasteiger partial charge in [0.2, 0.25) is 0 Å². The molecule has 0 aliphatic rings. The molecule has 2 N–H and O–H groups in total.